The molecule has 1 aromatic rings. The summed E-state index contributed by atoms with van der Waals surface area (Å²) in [6, 6.07) is 0. The molecule has 0 saturated carbocycles. The lowest BCUT2D eigenvalue weighted by molar-refractivity contribution is 0.927. The molecule has 0 amide bonds. The van der Waals surface area contributed by atoms with Crippen molar-refractivity contribution in [2.75, 3.05) is 0 Å². The van der Waals surface area contributed by atoms with Crippen molar-refractivity contribution >= 4 is 0 Å². The van der Waals surface area contributed by atoms with Gasteiger partial charge in [-0.25, -0.2) is 5.10 Å². The smallest absolute Gasteiger partial charge is 0.0843 e. The molecule has 1 rings (SSSR count). The molecule has 0 aliphatic carbocycles. The Morgan fingerprint density at radius 3 is 2.80 bits per heavy atom. The van der Waals surface area contributed by atoms with E-state index in [1.807, 2.05) is 0 Å². The maximum absolute atomic E-state index is 3.24. The highest BCUT2D eigenvalue weighted by molar-refractivity contribution is 4.28. The monoisotopic (exact) mass is 67.0 g/mol. The van der Waals surface area contributed by atoms with Gasteiger partial charge in [-0.1, -0.05) is 10.3 Å². The number of aromatic nitrogens is 3. The van der Waals surface area contributed by atoms with E-state index in [1.165, 1.54) is 0 Å². The van der Waals surface area contributed by atoms with Crippen LogP contribution < -0.4 is 0 Å². The summed E-state index contributed by atoms with van der Waals surface area (Å²) in [4.78, 5) is 0. The summed E-state index contributed by atoms with van der Waals surface area (Å²) in [6.07, 6.45) is 4.71. The second-order valence-electron chi connectivity index (χ2n) is 0.549. The Kier molecular flexibility index (Phi) is 0.321. The zero-order valence-corrected chi connectivity index (χ0v) is 2.39. The van der Waals surface area contributed by atoms with Gasteiger partial charge < -0.3 is 0 Å². The molecule has 0 fully saturated rings. The average Bonchev–Trinajstić information content (AvgIpc) is 1.76. The summed E-state index contributed by atoms with van der Waals surface area (Å²) < 4.78 is 0. The third kappa shape index (κ3) is 0.174. The molecule has 3 nitrogen and oxygen atoms in total. The molecule has 0 aliphatic rings. The van der Waals surface area contributed by atoms with Crippen LogP contribution in [0.15, 0.2) is 0 Å². The molecule has 24 valence electrons. The summed E-state index contributed by atoms with van der Waals surface area (Å²) in [6.45, 7) is 0. The highest BCUT2D eigenvalue weighted by Gasteiger charge is 1.50. The van der Waals surface area contributed by atoms with Crippen molar-refractivity contribution in [1.82, 2.24) is 15.4 Å². The zero-order chi connectivity index (χ0) is 3.54. The molecule has 1 heterocycles. The van der Waals surface area contributed by atoms with Crippen LogP contribution in [0.5, 0.6) is 0 Å². The van der Waals surface area contributed by atoms with Gasteiger partial charge in [-0.05, 0) is 0 Å². The van der Waals surface area contributed by atoms with Crippen LogP contribution in [0.4, 0.5) is 0 Å². The van der Waals surface area contributed by atoms with Crippen LogP contribution in [-0.4, -0.2) is 15.4 Å². The van der Waals surface area contributed by atoms with E-state index in [1.54, 1.807) is 0 Å². The predicted molar refractivity (Wildman–Crippen MR) is 14.1 cm³/mol. The highest BCUT2D eigenvalue weighted by atomic mass is 15.3. The van der Waals surface area contributed by atoms with Gasteiger partial charge in [-0.15, -0.1) is 0 Å². The van der Waals surface area contributed by atoms with Crippen LogP contribution in [0.1, 0.15) is 0 Å². The van der Waals surface area contributed by atoms with Crippen LogP contribution >= 0.6 is 0 Å². The van der Waals surface area contributed by atoms with E-state index in [9.17, 15) is 0 Å². The standard InChI is InChI=1S/C2HN3/c1-2-4-5-3-1/h(H,3,4). The van der Waals surface area contributed by atoms with Crippen molar-refractivity contribution in [3.05, 3.63) is 12.4 Å². The molecule has 1 aromatic heterocycles. The fourth-order valence-electron chi connectivity index (χ4n) is 0.125. The van der Waals surface area contributed by atoms with Crippen molar-refractivity contribution in [3.63, 3.8) is 0 Å². The Balaban J connectivity index is 3.13. The Morgan fingerprint density at radius 1 is 1.60 bits per heavy atom. The molecule has 5 heavy (non-hydrogen) atoms. The predicted octanol–water partition coefficient (Wildman–Crippen LogP) is -0.595. The van der Waals surface area contributed by atoms with Crippen LogP contribution in [0, 0.1) is 12.4 Å². The SMILES string of the molecule is c1nn[nH]c#1. The van der Waals surface area contributed by atoms with Crippen molar-refractivity contribution in [2.45, 2.75) is 0 Å². The maximum Gasteiger partial charge on any atom is 0.0843 e. The van der Waals surface area contributed by atoms with Crippen molar-refractivity contribution in [3.8, 4) is 0 Å². The third-order valence-electron chi connectivity index (χ3n) is 0.262. The van der Waals surface area contributed by atoms with Crippen LogP contribution in [0.3, 0.4) is 0 Å². The summed E-state index contributed by atoms with van der Waals surface area (Å²) in [7, 11) is 0. The molecular formula is C2HN3. The van der Waals surface area contributed by atoms with Gasteiger partial charge in [0, 0.05) is 0 Å². The van der Waals surface area contributed by atoms with E-state index < -0.39 is 0 Å². The molecule has 0 unspecified atom stereocenters. The zero-order valence-electron chi connectivity index (χ0n) is 2.39. The van der Waals surface area contributed by atoms with Crippen LogP contribution in [0.2, 0.25) is 0 Å². The number of hydrogen-bond donors (Lipinski definition) is 1. The van der Waals surface area contributed by atoms with Gasteiger partial charge in [0.1, 0.15) is 0 Å². The van der Waals surface area contributed by atoms with Crippen molar-refractivity contribution < 1.29 is 0 Å². The van der Waals surface area contributed by atoms with Gasteiger partial charge in [0.05, 0.1) is 12.4 Å². The minimum Gasteiger partial charge on any atom is -0.215 e. The van der Waals surface area contributed by atoms with E-state index >= 15 is 0 Å². The number of nitrogens with one attached hydrogen (secondary N) is 1. The van der Waals surface area contributed by atoms with Crippen LogP contribution in [0.25, 0.3) is 0 Å². The van der Waals surface area contributed by atoms with Gasteiger partial charge in [0.2, 0.25) is 0 Å². The summed E-state index contributed by atoms with van der Waals surface area (Å²) in [5.41, 5.74) is 0. The molecular weight excluding hydrogens is 66.0 g/mol. The lowest BCUT2D eigenvalue weighted by atomic mass is 11.2. The number of nitrogens with zero attached hydrogens (tertiary/aromatic N) is 2. The van der Waals surface area contributed by atoms with E-state index in [4.69, 9.17) is 0 Å². The van der Waals surface area contributed by atoms with Crippen LogP contribution in [-0.2, 0) is 0 Å². The summed E-state index contributed by atoms with van der Waals surface area (Å²) in [5.74, 6) is 0. The first kappa shape index (κ1) is 2.21. The van der Waals surface area contributed by atoms with Gasteiger partial charge >= 0.3 is 0 Å². The average molecular weight is 67.1 g/mol. The molecule has 0 aliphatic heterocycles. The fourth-order valence-corrected chi connectivity index (χ4v) is 0.125. The minimum atomic E-state index is 2.32. The van der Waals surface area contributed by atoms with E-state index in [2.05, 4.69) is 27.8 Å². The number of rotatable bonds is 0. The largest absolute Gasteiger partial charge is 0.215 e. The van der Waals surface area contributed by atoms with Gasteiger partial charge in [0.25, 0.3) is 0 Å². The first-order chi connectivity index (χ1) is 2.50. The second-order valence-corrected chi connectivity index (χ2v) is 0.549. The second kappa shape index (κ2) is 0.725. The molecule has 3 heteroatoms. The summed E-state index contributed by atoms with van der Waals surface area (Å²) >= 11 is 0. The maximum atomic E-state index is 3.24. The highest BCUT2D eigenvalue weighted by Crippen LogP contribution is 1.38. The first-order valence-electron chi connectivity index (χ1n) is 1.15. The minimum absolute atomic E-state index is 2.32. The molecule has 1 N–H and O–H groups in total. The number of aromatic amines is 1. The molecule has 0 bridgehead atoms. The summed E-state index contributed by atoms with van der Waals surface area (Å²) in [5, 5.41) is 8.79. The normalized spacial score (nSPS) is 6.40. The van der Waals surface area contributed by atoms with E-state index in [0.717, 1.165) is 0 Å². The van der Waals surface area contributed by atoms with Gasteiger partial charge in [-0.3, -0.25) is 0 Å². The molecule has 0 atom stereocenters. The fraction of sp³-hybridized carbons (Fsp3) is 0. The first-order valence-corrected chi connectivity index (χ1v) is 1.15. The molecule has 0 radical (unpaired) electrons. The number of hydrogen-bond acceptors (Lipinski definition) is 2. The van der Waals surface area contributed by atoms with Gasteiger partial charge in [0.15, 0.2) is 0 Å². The van der Waals surface area contributed by atoms with E-state index in [-0.39, 0.29) is 0 Å². The Bertz CT molecular complexity index is 61.4. The Morgan fingerprint density at radius 2 is 2.60 bits per heavy atom. The third-order valence-corrected chi connectivity index (χ3v) is 0.262. The van der Waals surface area contributed by atoms with Gasteiger partial charge in [-0.2, -0.15) is 0 Å². The number of H-pyrrole nitrogens is 1. The molecule has 0 saturated heterocycles. The lowest BCUT2D eigenvalue weighted by Crippen LogP contribution is -1.63. The Labute approximate surface area is 29.0 Å². The lowest BCUT2D eigenvalue weighted by Gasteiger charge is -1.44. The molecule has 0 spiro atoms. The topological polar surface area (TPSA) is 41.6 Å². The molecule has 0 aromatic carbocycles. The van der Waals surface area contributed by atoms with Crippen molar-refractivity contribution in [1.29, 1.82) is 0 Å². The van der Waals surface area contributed by atoms with E-state index in [0.29, 0.717) is 0 Å². The quantitative estimate of drug-likeness (QED) is 0.440. The Hall–Kier alpha value is -1.04. The van der Waals surface area contributed by atoms with Crippen molar-refractivity contribution in [2.24, 2.45) is 0 Å².